The zero-order valence-electron chi connectivity index (χ0n) is 8.01. The van der Waals surface area contributed by atoms with Crippen molar-refractivity contribution in [3.63, 3.8) is 0 Å². The smallest absolute Gasteiger partial charge is 0.330 e. The Balaban J connectivity index is 3.69. The van der Waals surface area contributed by atoms with Crippen LogP contribution in [0, 0.1) is 0 Å². The number of nitrogens with zero attached hydrogens (tertiary/aromatic N) is 1. The van der Waals surface area contributed by atoms with Crippen LogP contribution in [0.25, 0.3) is 0 Å². The Hall–Kier alpha value is 0.420. The number of hydrogen-bond donors (Lipinski definition) is 1. The van der Waals surface area contributed by atoms with Crippen LogP contribution in [0.2, 0.25) is 0 Å². The number of aliphatic hydroxyl groups excluding tert-OH is 1. The standard InChI is InChI=1S/C7H16NO3P3/c1-11-7(10)3-2-6(9)4-5-8(12)14-13/h2-3,6,9,14H,4-5,12-13H2,1H3/b3-2+. The van der Waals surface area contributed by atoms with E-state index < -0.39 is 12.1 Å². The topological polar surface area (TPSA) is 49.8 Å². The third kappa shape index (κ3) is 7.79. The van der Waals surface area contributed by atoms with E-state index >= 15 is 0 Å². The molecule has 0 amide bonds. The molecule has 0 rings (SSSR count). The van der Waals surface area contributed by atoms with Crippen molar-refractivity contribution < 1.29 is 14.6 Å². The molecule has 4 nitrogen and oxygen atoms in total. The highest BCUT2D eigenvalue weighted by atomic mass is 32.0. The SMILES string of the molecule is COC(=O)/C=C/C(O)CCN(P)PP. The van der Waals surface area contributed by atoms with E-state index in [4.69, 9.17) is 0 Å². The van der Waals surface area contributed by atoms with Crippen molar-refractivity contribution in [3.05, 3.63) is 12.2 Å². The second-order valence-corrected chi connectivity index (χ2v) is 5.31. The van der Waals surface area contributed by atoms with Crippen molar-refractivity contribution in [1.29, 1.82) is 0 Å². The number of aliphatic hydroxyl groups is 1. The zero-order chi connectivity index (χ0) is 11.0. The summed E-state index contributed by atoms with van der Waals surface area (Å²) in [5, 5.41) is 9.40. The molecule has 0 aromatic rings. The van der Waals surface area contributed by atoms with Crippen molar-refractivity contribution in [2.45, 2.75) is 12.5 Å². The van der Waals surface area contributed by atoms with Gasteiger partial charge in [-0.05, 0) is 20.9 Å². The Labute approximate surface area is 90.7 Å². The minimum absolute atomic E-state index is 0.445. The summed E-state index contributed by atoms with van der Waals surface area (Å²) in [5.41, 5.74) is 0. The van der Waals surface area contributed by atoms with Crippen molar-refractivity contribution >= 4 is 32.7 Å². The van der Waals surface area contributed by atoms with Gasteiger partial charge in [0, 0.05) is 12.6 Å². The van der Waals surface area contributed by atoms with Crippen LogP contribution in [0.3, 0.4) is 0 Å². The summed E-state index contributed by atoms with van der Waals surface area (Å²) in [7, 11) is 7.09. The summed E-state index contributed by atoms with van der Waals surface area (Å²) in [6.07, 6.45) is 2.67. The van der Waals surface area contributed by atoms with Crippen molar-refractivity contribution in [1.82, 2.24) is 4.44 Å². The molecule has 1 N–H and O–H groups in total. The van der Waals surface area contributed by atoms with Crippen LogP contribution in [0.15, 0.2) is 12.2 Å². The van der Waals surface area contributed by atoms with Crippen LogP contribution in [-0.4, -0.2) is 35.3 Å². The molecule has 0 radical (unpaired) electrons. The Kier molecular flexibility index (Phi) is 8.97. The van der Waals surface area contributed by atoms with E-state index in [-0.39, 0.29) is 0 Å². The molecular formula is C7H16NO3P3. The van der Waals surface area contributed by atoms with E-state index in [1.807, 2.05) is 4.44 Å². The third-order valence-electron chi connectivity index (χ3n) is 1.49. The van der Waals surface area contributed by atoms with Gasteiger partial charge in [-0.3, -0.25) is 4.44 Å². The number of ether oxygens (including phenoxy) is 1. The van der Waals surface area contributed by atoms with Crippen LogP contribution in [0.5, 0.6) is 0 Å². The van der Waals surface area contributed by atoms with Gasteiger partial charge in [0.15, 0.2) is 0 Å². The van der Waals surface area contributed by atoms with Gasteiger partial charge in [-0.1, -0.05) is 18.3 Å². The van der Waals surface area contributed by atoms with Crippen LogP contribution in [0.4, 0.5) is 0 Å². The molecule has 0 aromatic heterocycles. The second kappa shape index (κ2) is 8.71. The minimum atomic E-state index is -0.599. The van der Waals surface area contributed by atoms with E-state index in [1.54, 1.807) is 0 Å². The van der Waals surface area contributed by atoms with Crippen LogP contribution in [-0.2, 0) is 9.53 Å². The molecule has 0 aliphatic carbocycles. The summed E-state index contributed by atoms with van der Waals surface area (Å²) in [6.45, 7) is 0.763. The summed E-state index contributed by atoms with van der Waals surface area (Å²) in [5.74, 6) is -0.445. The molecule has 0 heterocycles. The first-order chi connectivity index (χ1) is 6.60. The maximum Gasteiger partial charge on any atom is 0.330 e. The summed E-state index contributed by atoms with van der Waals surface area (Å²) >= 11 is 0. The molecular weight excluding hydrogens is 239 g/mol. The predicted molar refractivity (Wildman–Crippen MR) is 66.2 cm³/mol. The molecule has 0 saturated carbocycles. The van der Waals surface area contributed by atoms with Gasteiger partial charge < -0.3 is 9.84 Å². The van der Waals surface area contributed by atoms with Crippen LogP contribution in [0.1, 0.15) is 6.42 Å². The number of hydrogen-bond acceptors (Lipinski definition) is 4. The largest absolute Gasteiger partial charge is 0.466 e. The second-order valence-electron chi connectivity index (χ2n) is 2.56. The van der Waals surface area contributed by atoms with Crippen molar-refractivity contribution in [3.8, 4) is 0 Å². The van der Waals surface area contributed by atoms with Gasteiger partial charge in [0.2, 0.25) is 0 Å². The Morgan fingerprint density at radius 1 is 1.79 bits per heavy atom. The highest BCUT2D eigenvalue weighted by Crippen LogP contribution is 2.30. The van der Waals surface area contributed by atoms with E-state index in [9.17, 15) is 9.90 Å². The fourth-order valence-corrected chi connectivity index (χ4v) is 1.48. The lowest BCUT2D eigenvalue weighted by Gasteiger charge is -2.13. The quantitative estimate of drug-likeness (QED) is 0.436. The van der Waals surface area contributed by atoms with Gasteiger partial charge in [0.1, 0.15) is 0 Å². The average Bonchev–Trinajstić information content (AvgIpc) is 2.22. The molecule has 4 unspecified atom stereocenters. The molecule has 0 aliphatic heterocycles. The fraction of sp³-hybridized carbons (Fsp3) is 0.571. The highest BCUT2D eigenvalue weighted by molar-refractivity contribution is 8.02. The third-order valence-corrected chi connectivity index (χ3v) is 4.64. The Morgan fingerprint density at radius 2 is 2.43 bits per heavy atom. The van der Waals surface area contributed by atoms with E-state index in [0.717, 1.165) is 6.54 Å². The number of carbonyl (C=O) groups is 1. The molecule has 0 fully saturated rings. The molecule has 0 saturated heterocycles. The van der Waals surface area contributed by atoms with Gasteiger partial charge in [-0.25, -0.2) is 4.79 Å². The van der Waals surface area contributed by atoms with Crippen LogP contribution < -0.4 is 0 Å². The zero-order valence-corrected chi connectivity index (χ0v) is 11.3. The lowest BCUT2D eigenvalue weighted by Crippen LogP contribution is -2.11. The average molecular weight is 255 g/mol. The van der Waals surface area contributed by atoms with Gasteiger partial charge in [-0.2, -0.15) is 0 Å². The van der Waals surface area contributed by atoms with E-state index in [0.29, 0.717) is 14.8 Å². The number of rotatable bonds is 6. The lowest BCUT2D eigenvalue weighted by atomic mass is 10.2. The minimum Gasteiger partial charge on any atom is -0.466 e. The van der Waals surface area contributed by atoms with Crippen LogP contribution >= 0.6 is 26.7 Å². The molecule has 0 aromatic carbocycles. The molecule has 7 heteroatoms. The van der Waals surface area contributed by atoms with Crippen molar-refractivity contribution in [2.75, 3.05) is 13.7 Å². The Morgan fingerprint density at radius 3 is 2.93 bits per heavy atom. The maximum absolute atomic E-state index is 10.7. The van der Waals surface area contributed by atoms with Crippen molar-refractivity contribution in [2.24, 2.45) is 0 Å². The van der Waals surface area contributed by atoms with Gasteiger partial charge >= 0.3 is 5.97 Å². The number of esters is 1. The molecule has 4 atom stereocenters. The number of methoxy groups -OCH3 is 1. The monoisotopic (exact) mass is 255 g/mol. The normalized spacial score (nSPS) is 14.4. The maximum atomic E-state index is 10.7. The van der Waals surface area contributed by atoms with Gasteiger partial charge in [-0.15, -0.1) is 0 Å². The molecule has 14 heavy (non-hydrogen) atoms. The summed E-state index contributed by atoms with van der Waals surface area (Å²) < 4.78 is 6.39. The molecule has 0 aliphatic rings. The first kappa shape index (κ1) is 14.4. The first-order valence-electron chi connectivity index (χ1n) is 4.02. The fourth-order valence-electron chi connectivity index (χ4n) is 0.690. The summed E-state index contributed by atoms with van der Waals surface area (Å²) in [4.78, 5) is 10.7. The Bertz CT molecular complexity index is 201. The van der Waals surface area contributed by atoms with Gasteiger partial charge in [0.25, 0.3) is 0 Å². The highest BCUT2D eigenvalue weighted by Gasteiger charge is 2.02. The lowest BCUT2D eigenvalue weighted by molar-refractivity contribution is -0.134. The first-order valence-corrected chi connectivity index (χ1v) is 7.30. The predicted octanol–water partition coefficient (Wildman–Crippen LogP) is 0.942. The number of carbonyl (C=O) groups excluding carboxylic acids is 1. The molecule has 82 valence electrons. The van der Waals surface area contributed by atoms with E-state index in [1.165, 1.54) is 19.3 Å². The van der Waals surface area contributed by atoms with Gasteiger partial charge in [0.05, 0.1) is 13.2 Å². The molecule has 0 spiro atoms. The molecule has 0 bridgehead atoms. The van der Waals surface area contributed by atoms with E-state index in [2.05, 4.69) is 23.1 Å². The summed E-state index contributed by atoms with van der Waals surface area (Å²) in [6, 6.07) is 0.